The summed E-state index contributed by atoms with van der Waals surface area (Å²) in [6.45, 7) is 1.74. The maximum Gasteiger partial charge on any atom is 0.251 e. The number of aromatic nitrogens is 2. The lowest BCUT2D eigenvalue weighted by Gasteiger charge is -2.09. The Morgan fingerprint density at radius 1 is 1.12 bits per heavy atom. The van der Waals surface area contributed by atoms with Crippen LogP contribution in [0.3, 0.4) is 0 Å². The molecule has 1 amide bonds. The number of hydrogen-bond acceptors (Lipinski definition) is 4. The van der Waals surface area contributed by atoms with Crippen LogP contribution < -0.4 is 14.8 Å². The van der Waals surface area contributed by atoms with E-state index < -0.39 is 0 Å². The number of nitrogens with zero attached hydrogens (tertiary/aromatic N) is 1. The number of fused-ring (bicyclic) bond motifs is 2. The lowest BCUT2D eigenvalue weighted by atomic mass is 10.2. The number of carbonyl (C=O) groups is 1. The van der Waals surface area contributed by atoms with Crippen molar-refractivity contribution in [2.75, 3.05) is 19.8 Å². The van der Waals surface area contributed by atoms with Gasteiger partial charge < -0.3 is 19.8 Å². The lowest BCUT2D eigenvalue weighted by Crippen LogP contribution is -2.26. The zero-order valence-corrected chi connectivity index (χ0v) is 13.7. The van der Waals surface area contributed by atoms with Gasteiger partial charge >= 0.3 is 0 Å². The van der Waals surface area contributed by atoms with Crippen molar-refractivity contribution >= 4 is 16.9 Å². The maximum atomic E-state index is 12.3. The quantitative estimate of drug-likeness (QED) is 0.767. The zero-order chi connectivity index (χ0) is 17.1. The van der Waals surface area contributed by atoms with Crippen molar-refractivity contribution in [2.24, 2.45) is 0 Å². The first-order valence-electron chi connectivity index (χ1n) is 8.41. The third-order valence-electron chi connectivity index (χ3n) is 4.10. The van der Waals surface area contributed by atoms with Gasteiger partial charge in [0.05, 0.1) is 24.2 Å². The highest BCUT2D eigenvalue weighted by atomic mass is 16.5. The van der Waals surface area contributed by atoms with Gasteiger partial charge in [-0.3, -0.25) is 4.79 Å². The minimum atomic E-state index is -0.133. The van der Waals surface area contributed by atoms with Crippen molar-refractivity contribution in [3.63, 3.8) is 0 Å². The Hall–Kier alpha value is -3.02. The highest BCUT2D eigenvalue weighted by molar-refractivity contribution is 5.94. The molecule has 0 radical (unpaired) electrons. The molecule has 3 aromatic rings. The Morgan fingerprint density at radius 3 is 2.84 bits per heavy atom. The number of amides is 1. The number of nitrogens with one attached hydrogen (secondary N) is 2. The van der Waals surface area contributed by atoms with E-state index in [1.165, 1.54) is 0 Å². The van der Waals surface area contributed by atoms with Crippen LogP contribution in [0, 0.1) is 0 Å². The molecular weight excluding hydrogens is 318 g/mol. The average molecular weight is 337 g/mol. The summed E-state index contributed by atoms with van der Waals surface area (Å²) in [5, 5.41) is 2.92. The minimum Gasteiger partial charge on any atom is -0.490 e. The highest BCUT2D eigenvalue weighted by Gasteiger charge is 2.14. The molecule has 2 N–H and O–H groups in total. The third-order valence-corrected chi connectivity index (χ3v) is 4.10. The second-order valence-electron chi connectivity index (χ2n) is 5.92. The number of rotatable bonds is 4. The number of carbonyl (C=O) groups excluding carboxylic acids is 1. The fourth-order valence-electron chi connectivity index (χ4n) is 2.83. The first kappa shape index (κ1) is 15.5. The van der Waals surface area contributed by atoms with Gasteiger partial charge in [0, 0.05) is 24.9 Å². The molecule has 0 aliphatic carbocycles. The van der Waals surface area contributed by atoms with Gasteiger partial charge in [0.1, 0.15) is 5.82 Å². The number of benzene rings is 2. The van der Waals surface area contributed by atoms with E-state index in [1.54, 1.807) is 18.2 Å². The molecule has 1 aliphatic rings. The van der Waals surface area contributed by atoms with E-state index in [0.717, 1.165) is 23.3 Å². The molecule has 0 bridgehead atoms. The molecule has 2 heterocycles. The van der Waals surface area contributed by atoms with E-state index >= 15 is 0 Å². The number of ether oxygens (including phenoxy) is 2. The highest BCUT2D eigenvalue weighted by Crippen LogP contribution is 2.30. The van der Waals surface area contributed by atoms with E-state index in [2.05, 4.69) is 15.3 Å². The van der Waals surface area contributed by atoms with Gasteiger partial charge in [-0.05, 0) is 30.3 Å². The van der Waals surface area contributed by atoms with Crippen molar-refractivity contribution in [3.8, 4) is 11.5 Å². The molecule has 6 heteroatoms. The van der Waals surface area contributed by atoms with Crippen molar-refractivity contribution in [1.82, 2.24) is 15.3 Å². The minimum absolute atomic E-state index is 0.133. The Labute approximate surface area is 145 Å². The molecule has 2 aromatic carbocycles. The SMILES string of the molecule is O=C(NCCc1nc2ccccc2[nH]1)c1ccc2c(c1)OCCCO2. The number of para-hydroxylation sites is 2. The van der Waals surface area contributed by atoms with E-state index in [9.17, 15) is 4.79 Å². The molecule has 1 aromatic heterocycles. The molecule has 0 saturated carbocycles. The van der Waals surface area contributed by atoms with Crippen LogP contribution in [0.4, 0.5) is 0 Å². The molecule has 4 rings (SSSR count). The van der Waals surface area contributed by atoms with Crippen LogP contribution in [0.5, 0.6) is 11.5 Å². The summed E-state index contributed by atoms with van der Waals surface area (Å²) in [4.78, 5) is 20.1. The topological polar surface area (TPSA) is 76.2 Å². The Morgan fingerprint density at radius 2 is 1.96 bits per heavy atom. The summed E-state index contributed by atoms with van der Waals surface area (Å²) >= 11 is 0. The standard InChI is InChI=1S/C19H19N3O3/c23-19(13-6-7-16-17(12-13)25-11-3-10-24-16)20-9-8-18-21-14-4-1-2-5-15(14)22-18/h1-2,4-7,12H,3,8-11H2,(H,20,23)(H,21,22). The van der Waals surface area contributed by atoms with Gasteiger partial charge in [-0.2, -0.15) is 0 Å². The van der Waals surface area contributed by atoms with Crippen LogP contribution in [0.2, 0.25) is 0 Å². The normalized spacial score (nSPS) is 13.4. The van der Waals surface area contributed by atoms with Gasteiger partial charge in [0.2, 0.25) is 0 Å². The Bertz CT molecular complexity index is 871. The van der Waals surface area contributed by atoms with Crippen LogP contribution in [0.15, 0.2) is 42.5 Å². The molecule has 25 heavy (non-hydrogen) atoms. The molecule has 0 unspecified atom stereocenters. The fourth-order valence-corrected chi connectivity index (χ4v) is 2.83. The van der Waals surface area contributed by atoms with E-state index in [-0.39, 0.29) is 5.91 Å². The van der Waals surface area contributed by atoms with E-state index in [1.807, 2.05) is 24.3 Å². The van der Waals surface area contributed by atoms with E-state index in [4.69, 9.17) is 9.47 Å². The molecule has 1 aliphatic heterocycles. The average Bonchev–Trinajstić information content (AvgIpc) is 2.90. The first-order chi connectivity index (χ1) is 12.3. The summed E-state index contributed by atoms with van der Waals surface area (Å²) in [6.07, 6.45) is 1.48. The molecule has 0 spiro atoms. The van der Waals surface area contributed by atoms with Gasteiger partial charge in [-0.25, -0.2) is 4.98 Å². The Balaban J connectivity index is 1.38. The largest absolute Gasteiger partial charge is 0.490 e. The number of H-pyrrole nitrogens is 1. The van der Waals surface area contributed by atoms with Crippen LogP contribution in [-0.4, -0.2) is 35.6 Å². The van der Waals surface area contributed by atoms with Crippen LogP contribution >= 0.6 is 0 Å². The van der Waals surface area contributed by atoms with Gasteiger partial charge in [-0.15, -0.1) is 0 Å². The number of imidazole rings is 1. The van der Waals surface area contributed by atoms with Crippen LogP contribution in [-0.2, 0) is 6.42 Å². The van der Waals surface area contributed by atoms with Crippen molar-refractivity contribution in [3.05, 3.63) is 53.9 Å². The molecule has 0 saturated heterocycles. The third kappa shape index (κ3) is 3.42. The van der Waals surface area contributed by atoms with Crippen molar-refractivity contribution in [2.45, 2.75) is 12.8 Å². The van der Waals surface area contributed by atoms with Gasteiger partial charge in [-0.1, -0.05) is 12.1 Å². The summed E-state index contributed by atoms with van der Waals surface area (Å²) < 4.78 is 11.2. The second-order valence-corrected chi connectivity index (χ2v) is 5.92. The maximum absolute atomic E-state index is 12.3. The molecule has 6 nitrogen and oxygen atoms in total. The Kier molecular flexibility index (Phi) is 4.24. The smallest absolute Gasteiger partial charge is 0.251 e. The molecule has 0 atom stereocenters. The van der Waals surface area contributed by atoms with Crippen molar-refractivity contribution in [1.29, 1.82) is 0 Å². The van der Waals surface area contributed by atoms with Crippen LogP contribution in [0.1, 0.15) is 22.6 Å². The predicted octanol–water partition coefficient (Wildman–Crippen LogP) is 2.70. The molecular formula is C19H19N3O3. The number of hydrogen-bond donors (Lipinski definition) is 2. The molecule has 128 valence electrons. The zero-order valence-electron chi connectivity index (χ0n) is 13.7. The molecule has 0 fully saturated rings. The first-order valence-corrected chi connectivity index (χ1v) is 8.41. The second kappa shape index (κ2) is 6.84. The van der Waals surface area contributed by atoms with Gasteiger partial charge in [0.25, 0.3) is 5.91 Å². The summed E-state index contributed by atoms with van der Waals surface area (Å²) in [7, 11) is 0. The van der Waals surface area contributed by atoms with Crippen LogP contribution in [0.25, 0.3) is 11.0 Å². The van der Waals surface area contributed by atoms with Crippen molar-refractivity contribution < 1.29 is 14.3 Å². The monoisotopic (exact) mass is 337 g/mol. The fraction of sp³-hybridized carbons (Fsp3) is 0.263. The summed E-state index contributed by atoms with van der Waals surface area (Å²) in [6, 6.07) is 13.2. The van der Waals surface area contributed by atoms with E-state index in [0.29, 0.717) is 43.2 Å². The summed E-state index contributed by atoms with van der Waals surface area (Å²) in [5.41, 5.74) is 2.51. The predicted molar refractivity (Wildman–Crippen MR) is 94.2 cm³/mol. The van der Waals surface area contributed by atoms with Gasteiger partial charge in [0.15, 0.2) is 11.5 Å². The number of aromatic amines is 1. The lowest BCUT2D eigenvalue weighted by molar-refractivity contribution is 0.0953. The summed E-state index contributed by atoms with van der Waals surface area (Å²) in [5.74, 6) is 2.05.